The van der Waals surface area contributed by atoms with Gasteiger partial charge in [0.1, 0.15) is 5.75 Å². The van der Waals surface area contributed by atoms with Crippen LogP contribution in [0.25, 0.3) is 0 Å². The molecule has 0 aliphatic carbocycles. The molecule has 0 radical (unpaired) electrons. The molecule has 0 saturated carbocycles. The molecule has 1 aliphatic heterocycles. The number of hydrogen-bond acceptors (Lipinski definition) is 4. The van der Waals surface area contributed by atoms with E-state index in [0.29, 0.717) is 12.8 Å². The van der Waals surface area contributed by atoms with Crippen LogP contribution >= 0.6 is 0 Å². The number of aryl methyl sites for hydroxylation is 1. The number of carbonyl (C=O) groups is 2. The van der Waals surface area contributed by atoms with Gasteiger partial charge in [-0.2, -0.15) is 5.10 Å². The number of hydrogen-bond donors (Lipinski definition) is 2. The van der Waals surface area contributed by atoms with Gasteiger partial charge in [0.25, 0.3) is 0 Å². The van der Waals surface area contributed by atoms with Crippen molar-refractivity contribution in [2.75, 3.05) is 7.11 Å². The average Bonchev–Trinajstić information content (AvgIpc) is 3.02. The molecule has 2 atom stereocenters. The average molecular weight is 342 g/mol. The normalized spacial score (nSPS) is 20.0. The summed E-state index contributed by atoms with van der Waals surface area (Å²) < 4.78 is 6.91. The van der Waals surface area contributed by atoms with E-state index in [2.05, 4.69) is 15.7 Å². The second-order valence-electron chi connectivity index (χ2n) is 6.17. The molecule has 25 heavy (non-hydrogen) atoms. The Kier molecular flexibility index (Phi) is 5.02. The molecule has 2 amide bonds. The molecule has 0 spiro atoms. The quantitative estimate of drug-likeness (QED) is 0.852. The third-order valence-electron chi connectivity index (χ3n) is 4.42. The number of rotatable bonds is 5. The van der Waals surface area contributed by atoms with Gasteiger partial charge in [0.05, 0.1) is 31.3 Å². The second kappa shape index (κ2) is 7.38. The van der Waals surface area contributed by atoms with E-state index >= 15 is 0 Å². The van der Waals surface area contributed by atoms with Crippen LogP contribution in [0.15, 0.2) is 36.5 Å². The lowest BCUT2D eigenvalue weighted by Gasteiger charge is -2.33. The third kappa shape index (κ3) is 3.99. The first-order valence-corrected chi connectivity index (χ1v) is 8.26. The Labute approximate surface area is 146 Å². The molecule has 3 rings (SSSR count). The van der Waals surface area contributed by atoms with Crippen molar-refractivity contribution < 1.29 is 14.3 Å². The smallest absolute Gasteiger partial charge is 0.224 e. The minimum absolute atomic E-state index is 0.00973. The summed E-state index contributed by atoms with van der Waals surface area (Å²) in [6.45, 7) is 0. The minimum atomic E-state index is -0.275. The maximum atomic E-state index is 12.5. The fraction of sp³-hybridized carbons (Fsp3) is 0.389. The van der Waals surface area contributed by atoms with Gasteiger partial charge in [-0.15, -0.1) is 0 Å². The zero-order valence-corrected chi connectivity index (χ0v) is 14.4. The molecule has 7 nitrogen and oxygen atoms in total. The van der Waals surface area contributed by atoms with Gasteiger partial charge in [0.15, 0.2) is 0 Å². The van der Waals surface area contributed by atoms with Crippen LogP contribution in [-0.2, 0) is 23.1 Å². The van der Waals surface area contributed by atoms with E-state index < -0.39 is 0 Å². The number of piperidine rings is 1. The van der Waals surface area contributed by atoms with E-state index in [1.54, 1.807) is 18.0 Å². The summed E-state index contributed by atoms with van der Waals surface area (Å²) in [6, 6.07) is 8.87. The highest BCUT2D eigenvalue weighted by atomic mass is 16.5. The van der Waals surface area contributed by atoms with E-state index in [4.69, 9.17) is 4.74 Å². The number of methoxy groups -OCH3 is 1. The molecule has 1 aromatic carbocycles. The number of amides is 2. The molecule has 7 heteroatoms. The summed E-state index contributed by atoms with van der Waals surface area (Å²) in [5.41, 5.74) is 1.76. The van der Waals surface area contributed by atoms with Crippen LogP contribution in [0, 0.1) is 0 Å². The topological polar surface area (TPSA) is 85.2 Å². The van der Waals surface area contributed by atoms with Gasteiger partial charge in [-0.1, -0.05) is 12.1 Å². The van der Waals surface area contributed by atoms with Crippen LogP contribution in [0.5, 0.6) is 5.75 Å². The summed E-state index contributed by atoms with van der Waals surface area (Å²) in [7, 11) is 3.42. The van der Waals surface area contributed by atoms with Crippen molar-refractivity contribution in [1.82, 2.24) is 20.4 Å². The van der Waals surface area contributed by atoms with Crippen molar-refractivity contribution >= 4 is 11.8 Å². The molecule has 2 heterocycles. The third-order valence-corrected chi connectivity index (χ3v) is 4.42. The summed E-state index contributed by atoms with van der Waals surface area (Å²) in [4.78, 5) is 24.3. The van der Waals surface area contributed by atoms with Gasteiger partial charge >= 0.3 is 0 Å². The van der Waals surface area contributed by atoms with Crippen molar-refractivity contribution in [2.45, 2.75) is 31.3 Å². The van der Waals surface area contributed by atoms with Gasteiger partial charge in [-0.3, -0.25) is 14.3 Å². The maximum Gasteiger partial charge on any atom is 0.224 e. The summed E-state index contributed by atoms with van der Waals surface area (Å²) >= 11 is 0. The predicted octanol–water partition coefficient (Wildman–Crippen LogP) is 1.11. The van der Waals surface area contributed by atoms with Crippen LogP contribution in [-0.4, -0.2) is 34.7 Å². The van der Waals surface area contributed by atoms with E-state index in [-0.39, 0.29) is 30.3 Å². The van der Waals surface area contributed by atoms with Gasteiger partial charge in [-0.25, -0.2) is 0 Å². The first-order valence-electron chi connectivity index (χ1n) is 8.26. The van der Waals surface area contributed by atoms with Crippen molar-refractivity contribution in [3.05, 3.63) is 47.8 Å². The molecule has 1 saturated heterocycles. The standard InChI is InChI=1S/C18H22N4O3/c1-22-15(8-9-19-22)18-14(6-7-16(23)21-18)20-17(24)11-12-4-3-5-13(10-12)25-2/h3-5,8-10,14,18H,6-7,11H2,1-2H3,(H,20,24)(H,21,23)/t14-,18-/m1/s1. The molecular weight excluding hydrogens is 320 g/mol. The predicted molar refractivity (Wildman–Crippen MR) is 92.0 cm³/mol. The van der Waals surface area contributed by atoms with E-state index in [1.807, 2.05) is 37.4 Å². The van der Waals surface area contributed by atoms with Gasteiger partial charge < -0.3 is 15.4 Å². The maximum absolute atomic E-state index is 12.5. The first-order chi connectivity index (χ1) is 12.1. The Morgan fingerprint density at radius 3 is 3.00 bits per heavy atom. The lowest BCUT2D eigenvalue weighted by atomic mass is 9.95. The Morgan fingerprint density at radius 1 is 1.44 bits per heavy atom. The van der Waals surface area contributed by atoms with E-state index in [1.165, 1.54) is 0 Å². The summed E-state index contributed by atoms with van der Waals surface area (Å²) in [5.74, 6) is 0.633. The lowest BCUT2D eigenvalue weighted by Crippen LogP contribution is -2.51. The zero-order chi connectivity index (χ0) is 17.8. The highest BCUT2D eigenvalue weighted by Gasteiger charge is 2.32. The van der Waals surface area contributed by atoms with Crippen LogP contribution in [0.1, 0.15) is 30.1 Å². The minimum Gasteiger partial charge on any atom is -0.497 e. The SMILES string of the molecule is COc1cccc(CC(=O)N[C@@H]2CCC(=O)N[C@H]2c2ccnn2C)c1. The van der Waals surface area contributed by atoms with E-state index in [9.17, 15) is 9.59 Å². The number of carbonyl (C=O) groups excluding carboxylic acids is 2. The van der Waals surface area contributed by atoms with E-state index in [0.717, 1.165) is 17.0 Å². The molecule has 132 valence electrons. The van der Waals surface area contributed by atoms with Gasteiger partial charge in [0, 0.05) is 19.7 Å². The number of nitrogens with zero attached hydrogens (tertiary/aromatic N) is 2. The zero-order valence-electron chi connectivity index (χ0n) is 14.4. The molecule has 2 N–H and O–H groups in total. The van der Waals surface area contributed by atoms with Crippen molar-refractivity contribution in [3.8, 4) is 5.75 Å². The summed E-state index contributed by atoms with van der Waals surface area (Å²) in [6.07, 6.45) is 2.95. The fourth-order valence-electron chi connectivity index (χ4n) is 3.15. The van der Waals surface area contributed by atoms with Crippen LogP contribution < -0.4 is 15.4 Å². The monoisotopic (exact) mass is 342 g/mol. The Balaban J connectivity index is 1.70. The number of ether oxygens (including phenoxy) is 1. The van der Waals surface area contributed by atoms with Crippen LogP contribution in [0.4, 0.5) is 0 Å². The first kappa shape index (κ1) is 17.0. The van der Waals surface area contributed by atoms with Crippen molar-refractivity contribution in [3.63, 3.8) is 0 Å². The highest BCUT2D eigenvalue weighted by Crippen LogP contribution is 2.24. The van der Waals surface area contributed by atoms with Crippen LogP contribution in [0.3, 0.4) is 0 Å². The molecule has 2 aromatic rings. The number of benzene rings is 1. The van der Waals surface area contributed by atoms with Crippen molar-refractivity contribution in [1.29, 1.82) is 0 Å². The summed E-state index contributed by atoms with van der Waals surface area (Å²) in [5, 5.41) is 10.2. The molecule has 1 fully saturated rings. The Morgan fingerprint density at radius 2 is 2.28 bits per heavy atom. The molecule has 1 aromatic heterocycles. The molecule has 1 aliphatic rings. The van der Waals surface area contributed by atoms with Gasteiger partial charge in [-0.05, 0) is 30.2 Å². The lowest BCUT2D eigenvalue weighted by molar-refractivity contribution is -0.127. The van der Waals surface area contributed by atoms with Crippen LogP contribution in [0.2, 0.25) is 0 Å². The number of aromatic nitrogens is 2. The molecule has 0 bridgehead atoms. The number of nitrogens with one attached hydrogen (secondary N) is 2. The Hall–Kier alpha value is -2.83. The highest BCUT2D eigenvalue weighted by molar-refractivity contribution is 5.81. The molecular formula is C18H22N4O3. The molecule has 0 unspecified atom stereocenters. The Bertz CT molecular complexity index is 771. The largest absolute Gasteiger partial charge is 0.497 e. The van der Waals surface area contributed by atoms with Gasteiger partial charge in [0.2, 0.25) is 11.8 Å². The second-order valence-corrected chi connectivity index (χ2v) is 6.17. The van der Waals surface area contributed by atoms with Crippen molar-refractivity contribution in [2.24, 2.45) is 7.05 Å². The fourth-order valence-corrected chi connectivity index (χ4v) is 3.15.